The molecule has 0 radical (unpaired) electrons. The summed E-state index contributed by atoms with van der Waals surface area (Å²) in [6.45, 7) is 0.175. The maximum Gasteiger partial charge on any atom is 0.187 e. The van der Waals surface area contributed by atoms with Crippen molar-refractivity contribution in [1.29, 1.82) is 0 Å². The number of rotatable bonds is 19. The van der Waals surface area contributed by atoms with E-state index in [0.29, 0.717) is 0 Å². The standard InChI is InChI=1S/C49H50O8/c50-31-43(51)35-55-48-47(54-34-39-23-11-3-12-24-39)46(53-33-38-21-9-2-10-22-38)45(52-32-37-19-7-1-8-20-37)44(57-48)36-56-49(40-25-13-4-14-26-40,41-27-15-5-16-28-41)42-29-17-6-18-30-42/h1-30,43-48,50-51H,31-36H2/t43?,44-,45-,46+,47-,48-/m1/s1. The van der Waals surface area contributed by atoms with Gasteiger partial charge in [0.25, 0.3) is 0 Å². The summed E-state index contributed by atoms with van der Waals surface area (Å²) in [5.74, 6) is 0. The molecule has 6 atom stereocenters. The summed E-state index contributed by atoms with van der Waals surface area (Å²) in [4.78, 5) is 0. The lowest BCUT2D eigenvalue weighted by Gasteiger charge is -2.47. The largest absolute Gasteiger partial charge is 0.394 e. The number of aliphatic hydroxyl groups is 2. The zero-order chi connectivity index (χ0) is 39.1. The highest BCUT2D eigenvalue weighted by molar-refractivity contribution is 5.47. The molecule has 57 heavy (non-hydrogen) atoms. The van der Waals surface area contributed by atoms with Gasteiger partial charge in [0, 0.05) is 0 Å². The lowest BCUT2D eigenvalue weighted by Crippen LogP contribution is -2.62. The van der Waals surface area contributed by atoms with Crippen LogP contribution in [0, 0.1) is 0 Å². The molecule has 1 saturated heterocycles. The number of ether oxygens (including phenoxy) is 6. The number of benzene rings is 6. The molecule has 8 heteroatoms. The molecule has 1 fully saturated rings. The van der Waals surface area contributed by atoms with E-state index in [4.69, 9.17) is 28.4 Å². The van der Waals surface area contributed by atoms with Gasteiger partial charge in [-0.05, 0) is 33.4 Å². The van der Waals surface area contributed by atoms with E-state index in [0.717, 1.165) is 33.4 Å². The van der Waals surface area contributed by atoms with Crippen molar-refractivity contribution >= 4 is 0 Å². The van der Waals surface area contributed by atoms with Gasteiger partial charge < -0.3 is 38.6 Å². The fourth-order valence-corrected chi connectivity index (χ4v) is 7.25. The molecule has 1 heterocycles. The van der Waals surface area contributed by atoms with Crippen molar-refractivity contribution in [3.8, 4) is 0 Å². The maximum absolute atomic E-state index is 10.5. The molecule has 0 spiro atoms. The minimum absolute atomic E-state index is 0.0527. The van der Waals surface area contributed by atoms with Crippen molar-refractivity contribution in [2.75, 3.05) is 19.8 Å². The highest BCUT2D eigenvalue weighted by Gasteiger charge is 2.50. The Balaban J connectivity index is 1.30. The average molecular weight is 767 g/mol. The van der Waals surface area contributed by atoms with Crippen LogP contribution in [0.2, 0.25) is 0 Å². The van der Waals surface area contributed by atoms with Gasteiger partial charge >= 0.3 is 0 Å². The van der Waals surface area contributed by atoms with Gasteiger partial charge in [-0.3, -0.25) is 0 Å². The Morgan fingerprint density at radius 3 is 1.25 bits per heavy atom. The van der Waals surface area contributed by atoms with Crippen LogP contribution in [-0.2, 0) is 53.8 Å². The van der Waals surface area contributed by atoms with Crippen molar-refractivity contribution in [1.82, 2.24) is 0 Å². The first-order valence-electron chi connectivity index (χ1n) is 19.5. The second-order valence-electron chi connectivity index (χ2n) is 14.1. The Morgan fingerprint density at radius 2 is 0.842 bits per heavy atom. The van der Waals surface area contributed by atoms with Crippen molar-refractivity contribution < 1.29 is 38.6 Å². The molecule has 6 aromatic carbocycles. The lowest BCUT2D eigenvalue weighted by atomic mass is 9.80. The van der Waals surface area contributed by atoms with Crippen LogP contribution in [0.25, 0.3) is 0 Å². The number of hydrogen-bond donors (Lipinski definition) is 2. The van der Waals surface area contributed by atoms with Gasteiger partial charge in [-0.15, -0.1) is 0 Å². The van der Waals surface area contributed by atoms with Crippen LogP contribution in [0.3, 0.4) is 0 Å². The average Bonchev–Trinajstić information content (AvgIpc) is 3.28. The number of hydrogen-bond acceptors (Lipinski definition) is 8. The lowest BCUT2D eigenvalue weighted by molar-refractivity contribution is -0.332. The molecule has 294 valence electrons. The molecule has 2 N–H and O–H groups in total. The molecule has 0 saturated carbocycles. The Labute approximate surface area is 335 Å². The normalized spacial score (nSPS) is 20.2. The minimum Gasteiger partial charge on any atom is -0.394 e. The summed E-state index contributed by atoms with van der Waals surface area (Å²) in [6, 6.07) is 60.3. The third kappa shape index (κ3) is 10.3. The molecule has 8 nitrogen and oxygen atoms in total. The molecule has 0 aromatic heterocycles. The van der Waals surface area contributed by atoms with Crippen LogP contribution in [0.4, 0.5) is 0 Å². The Kier molecular flexibility index (Phi) is 14.4. The van der Waals surface area contributed by atoms with E-state index < -0.39 is 49.0 Å². The molecule has 7 rings (SSSR count). The Bertz CT molecular complexity index is 1910. The summed E-state index contributed by atoms with van der Waals surface area (Å²) in [7, 11) is 0. The zero-order valence-electron chi connectivity index (χ0n) is 31.9. The van der Waals surface area contributed by atoms with Crippen LogP contribution < -0.4 is 0 Å². The SMILES string of the molecule is OCC(O)CO[C@@H]1O[C@H](COC(c2ccccc2)(c2ccccc2)c2ccccc2)[C@@H](OCc2ccccc2)[C@H](OCc2ccccc2)[C@H]1OCc1ccccc1. The van der Waals surface area contributed by atoms with Gasteiger partial charge in [-0.2, -0.15) is 0 Å². The highest BCUT2D eigenvalue weighted by atomic mass is 16.7. The molecule has 0 aliphatic carbocycles. The van der Waals surface area contributed by atoms with Crippen molar-refractivity contribution in [3.63, 3.8) is 0 Å². The molecular formula is C49H50O8. The zero-order valence-corrected chi connectivity index (χ0v) is 31.9. The van der Waals surface area contributed by atoms with E-state index in [-0.39, 0.29) is 33.0 Å². The van der Waals surface area contributed by atoms with Gasteiger partial charge in [0.05, 0.1) is 39.6 Å². The second kappa shape index (κ2) is 20.4. The predicted molar refractivity (Wildman–Crippen MR) is 218 cm³/mol. The van der Waals surface area contributed by atoms with E-state index in [1.54, 1.807) is 0 Å². The summed E-state index contributed by atoms with van der Waals surface area (Å²) < 4.78 is 41.0. The van der Waals surface area contributed by atoms with Gasteiger partial charge in [-0.1, -0.05) is 182 Å². The van der Waals surface area contributed by atoms with Gasteiger partial charge in [0.15, 0.2) is 6.29 Å². The molecule has 0 bridgehead atoms. The topological polar surface area (TPSA) is 95.8 Å². The summed E-state index contributed by atoms with van der Waals surface area (Å²) in [5, 5.41) is 20.2. The second-order valence-corrected chi connectivity index (χ2v) is 14.1. The highest BCUT2D eigenvalue weighted by Crippen LogP contribution is 2.42. The fraction of sp³-hybridized carbons (Fsp3) is 0.265. The molecule has 6 aromatic rings. The fourth-order valence-electron chi connectivity index (χ4n) is 7.25. The third-order valence-corrected chi connectivity index (χ3v) is 10.1. The minimum atomic E-state index is -1.13. The first kappa shape index (κ1) is 40.2. The van der Waals surface area contributed by atoms with Crippen LogP contribution in [0.5, 0.6) is 0 Å². The number of aliphatic hydroxyl groups excluding tert-OH is 2. The van der Waals surface area contributed by atoms with Crippen molar-refractivity contribution in [2.24, 2.45) is 0 Å². The summed E-state index contributed by atoms with van der Waals surface area (Å²) in [5.41, 5.74) is 4.71. The quantitative estimate of drug-likeness (QED) is 0.0806. The smallest absolute Gasteiger partial charge is 0.187 e. The monoisotopic (exact) mass is 766 g/mol. The first-order chi connectivity index (χ1) is 28.1. The van der Waals surface area contributed by atoms with Gasteiger partial charge in [-0.25, -0.2) is 0 Å². The molecule has 1 unspecified atom stereocenters. The van der Waals surface area contributed by atoms with Crippen LogP contribution in [0.15, 0.2) is 182 Å². The molecule has 1 aliphatic rings. The van der Waals surface area contributed by atoms with E-state index in [1.165, 1.54) is 0 Å². The predicted octanol–water partition coefficient (Wildman–Crippen LogP) is 7.85. The first-order valence-corrected chi connectivity index (χ1v) is 19.5. The third-order valence-electron chi connectivity index (χ3n) is 10.1. The van der Waals surface area contributed by atoms with Crippen molar-refractivity contribution in [2.45, 2.75) is 62.2 Å². The van der Waals surface area contributed by atoms with E-state index in [1.807, 2.05) is 146 Å². The molecule has 1 aliphatic heterocycles. The Morgan fingerprint density at radius 1 is 0.474 bits per heavy atom. The summed E-state index contributed by atoms with van der Waals surface area (Å²) >= 11 is 0. The molecule has 0 amide bonds. The Hall–Kier alpha value is -5.00. The summed E-state index contributed by atoms with van der Waals surface area (Å²) in [6.07, 6.45) is -5.15. The van der Waals surface area contributed by atoms with Crippen LogP contribution >= 0.6 is 0 Å². The van der Waals surface area contributed by atoms with Gasteiger partial charge in [0.1, 0.15) is 36.1 Å². The van der Waals surface area contributed by atoms with E-state index in [2.05, 4.69) is 36.4 Å². The van der Waals surface area contributed by atoms with Crippen molar-refractivity contribution in [3.05, 3.63) is 215 Å². The van der Waals surface area contributed by atoms with E-state index >= 15 is 0 Å². The van der Waals surface area contributed by atoms with Crippen LogP contribution in [-0.4, -0.2) is 66.8 Å². The van der Waals surface area contributed by atoms with Gasteiger partial charge in [0.2, 0.25) is 0 Å². The van der Waals surface area contributed by atoms with Crippen LogP contribution in [0.1, 0.15) is 33.4 Å². The maximum atomic E-state index is 10.5. The van der Waals surface area contributed by atoms with E-state index in [9.17, 15) is 10.2 Å². The molecular weight excluding hydrogens is 717 g/mol.